The van der Waals surface area contributed by atoms with Crippen molar-refractivity contribution in [1.29, 1.82) is 0 Å². The number of ketones is 2. The molecule has 1 aliphatic heterocycles. The van der Waals surface area contributed by atoms with Gasteiger partial charge in [-0.15, -0.1) is 0 Å². The molecule has 2 saturated carbocycles. The standard InChI is InChI=1S/C26H34N4O4/c1-16(32)23-18-7-5-9-27-24(18)29(28-23)14-22(34)30-19(12-26(15-31)13-21(26)30)20(33)10-17-6-4-8-25(2,3)11-17/h5,7,9,17,19,21,31H,4,6,8,10-15H2,1-3H3/t17-,19-,21+,26-/m0/s1. The van der Waals surface area contributed by atoms with Crippen LogP contribution in [0.2, 0.25) is 0 Å². The number of hydrogen-bond acceptors (Lipinski definition) is 6. The second kappa shape index (κ2) is 8.26. The Morgan fingerprint density at radius 1 is 1.21 bits per heavy atom. The van der Waals surface area contributed by atoms with E-state index in [1.807, 2.05) is 0 Å². The number of carbonyl (C=O) groups excluding carboxylic acids is 3. The van der Waals surface area contributed by atoms with Gasteiger partial charge in [0.05, 0.1) is 18.0 Å². The highest BCUT2D eigenvalue weighted by molar-refractivity contribution is 6.04. The van der Waals surface area contributed by atoms with Crippen LogP contribution >= 0.6 is 0 Å². The summed E-state index contributed by atoms with van der Waals surface area (Å²) in [6, 6.07) is 2.91. The molecule has 5 rings (SSSR count). The summed E-state index contributed by atoms with van der Waals surface area (Å²) >= 11 is 0. The van der Waals surface area contributed by atoms with Crippen molar-refractivity contribution in [2.24, 2.45) is 16.7 Å². The number of aliphatic hydroxyl groups is 1. The number of piperidine rings is 1. The minimum Gasteiger partial charge on any atom is -0.396 e. The zero-order chi connectivity index (χ0) is 24.3. The average molecular weight is 467 g/mol. The van der Waals surface area contributed by atoms with E-state index in [0.29, 0.717) is 35.5 Å². The highest BCUT2D eigenvalue weighted by Crippen LogP contribution is 2.59. The maximum absolute atomic E-state index is 13.6. The largest absolute Gasteiger partial charge is 0.396 e. The number of carbonyl (C=O) groups is 3. The SMILES string of the molecule is CC(=O)c1nn(CC(=O)N2[C@H](C(=O)C[C@@H]3CCCC(C)(C)C3)C[C@@]3(CO)C[C@@H]23)c2ncccc12. The summed E-state index contributed by atoms with van der Waals surface area (Å²) in [5, 5.41) is 15.0. The van der Waals surface area contributed by atoms with Gasteiger partial charge in [0.25, 0.3) is 0 Å². The first-order chi connectivity index (χ1) is 16.1. The monoisotopic (exact) mass is 466 g/mol. The van der Waals surface area contributed by atoms with Crippen LogP contribution in [0, 0.1) is 16.7 Å². The molecule has 34 heavy (non-hydrogen) atoms. The molecule has 2 aromatic rings. The van der Waals surface area contributed by atoms with Gasteiger partial charge in [-0.1, -0.05) is 20.3 Å². The van der Waals surface area contributed by atoms with Crippen LogP contribution in [0.1, 0.15) is 76.2 Å². The quantitative estimate of drug-likeness (QED) is 0.629. The molecule has 4 atom stereocenters. The summed E-state index contributed by atoms with van der Waals surface area (Å²) in [5.41, 5.74) is 0.681. The van der Waals surface area contributed by atoms with Gasteiger partial charge >= 0.3 is 0 Å². The molecule has 3 aliphatic rings. The number of Topliss-reactive ketones (excluding diaryl/α,β-unsaturated/α-hetero) is 2. The number of rotatable bonds is 7. The van der Waals surface area contributed by atoms with Crippen molar-refractivity contribution in [1.82, 2.24) is 19.7 Å². The molecule has 2 aromatic heterocycles. The van der Waals surface area contributed by atoms with Gasteiger partial charge in [0, 0.05) is 31.0 Å². The van der Waals surface area contributed by atoms with Crippen molar-refractivity contribution in [3.05, 3.63) is 24.0 Å². The molecule has 0 bridgehead atoms. The first kappa shape index (κ1) is 23.1. The Hall–Kier alpha value is -2.61. The van der Waals surface area contributed by atoms with E-state index in [0.717, 1.165) is 25.7 Å². The summed E-state index contributed by atoms with van der Waals surface area (Å²) in [4.78, 5) is 45.1. The maximum atomic E-state index is 13.6. The van der Waals surface area contributed by atoms with Crippen molar-refractivity contribution in [3.63, 3.8) is 0 Å². The number of aromatic nitrogens is 3. The Morgan fingerprint density at radius 2 is 2.00 bits per heavy atom. The molecule has 182 valence electrons. The van der Waals surface area contributed by atoms with Crippen molar-refractivity contribution < 1.29 is 19.5 Å². The lowest BCUT2D eigenvalue weighted by Gasteiger charge is -2.36. The Balaban J connectivity index is 1.37. The van der Waals surface area contributed by atoms with Crippen LogP contribution < -0.4 is 0 Å². The normalized spacial score (nSPS) is 29.8. The Labute approximate surface area is 199 Å². The molecule has 2 aliphatic carbocycles. The lowest BCUT2D eigenvalue weighted by Crippen LogP contribution is -2.45. The highest BCUT2D eigenvalue weighted by Gasteiger charge is 2.66. The molecule has 1 amide bonds. The van der Waals surface area contributed by atoms with E-state index in [1.54, 1.807) is 23.2 Å². The van der Waals surface area contributed by atoms with Gasteiger partial charge in [-0.25, -0.2) is 9.67 Å². The Bertz CT molecular complexity index is 1150. The van der Waals surface area contributed by atoms with Crippen molar-refractivity contribution in [3.8, 4) is 0 Å². The molecule has 8 nitrogen and oxygen atoms in total. The molecular weight excluding hydrogens is 432 g/mol. The zero-order valence-corrected chi connectivity index (χ0v) is 20.3. The van der Waals surface area contributed by atoms with Crippen LogP contribution in [0.3, 0.4) is 0 Å². The van der Waals surface area contributed by atoms with Crippen LogP contribution in [-0.4, -0.2) is 60.9 Å². The third-order valence-corrected chi connectivity index (χ3v) is 8.32. The minimum absolute atomic E-state index is 0.0115. The Morgan fingerprint density at radius 3 is 2.71 bits per heavy atom. The number of aliphatic hydroxyl groups excluding tert-OH is 1. The fraction of sp³-hybridized carbons (Fsp3) is 0.654. The first-order valence-electron chi connectivity index (χ1n) is 12.4. The number of pyridine rings is 1. The molecule has 1 N–H and O–H groups in total. The fourth-order valence-electron chi connectivity index (χ4n) is 6.53. The number of hydrogen-bond donors (Lipinski definition) is 1. The van der Waals surface area contributed by atoms with Crippen molar-refractivity contribution in [2.45, 2.75) is 84.3 Å². The van der Waals surface area contributed by atoms with E-state index in [2.05, 4.69) is 23.9 Å². The molecule has 8 heteroatoms. The molecule has 3 fully saturated rings. The van der Waals surface area contributed by atoms with Crippen molar-refractivity contribution in [2.75, 3.05) is 6.61 Å². The zero-order valence-electron chi connectivity index (χ0n) is 20.3. The van der Waals surface area contributed by atoms with Gasteiger partial charge in [-0.3, -0.25) is 14.4 Å². The number of nitrogens with zero attached hydrogens (tertiary/aromatic N) is 4. The van der Waals surface area contributed by atoms with Gasteiger partial charge in [0.15, 0.2) is 17.2 Å². The van der Waals surface area contributed by atoms with Crippen LogP contribution in [-0.2, 0) is 16.1 Å². The molecular formula is C26H34N4O4. The van der Waals surface area contributed by atoms with Gasteiger partial charge in [-0.2, -0.15) is 5.10 Å². The van der Waals surface area contributed by atoms with E-state index >= 15 is 0 Å². The molecule has 0 aromatic carbocycles. The van der Waals surface area contributed by atoms with Crippen LogP contribution in [0.25, 0.3) is 11.0 Å². The number of fused-ring (bicyclic) bond motifs is 2. The van der Waals surface area contributed by atoms with Gasteiger partial charge in [-0.05, 0) is 55.6 Å². The predicted octanol–water partition coefficient (Wildman–Crippen LogP) is 3.16. The summed E-state index contributed by atoms with van der Waals surface area (Å²) in [6.07, 6.45) is 7.79. The van der Waals surface area contributed by atoms with Crippen LogP contribution in [0.5, 0.6) is 0 Å². The van der Waals surface area contributed by atoms with Crippen molar-refractivity contribution >= 4 is 28.5 Å². The van der Waals surface area contributed by atoms with E-state index in [9.17, 15) is 19.5 Å². The topological polar surface area (TPSA) is 105 Å². The van der Waals surface area contributed by atoms with E-state index in [-0.39, 0.29) is 47.5 Å². The molecule has 1 saturated heterocycles. The second-order valence-corrected chi connectivity index (χ2v) is 11.5. The predicted molar refractivity (Wildman–Crippen MR) is 126 cm³/mol. The summed E-state index contributed by atoms with van der Waals surface area (Å²) in [5.74, 6) is 0.0807. The van der Waals surface area contributed by atoms with Gasteiger partial charge in [0.2, 0.25) is 5.91 Å². The van der Waals surface area contributed by atoms with E-state index in [1.165, 1.54) is 18.0 Å². The summed E-state index contributed by atoms with van der Waals surface area (Å²) < 4.78 is 1.47. The maximum Gasteiger partial charge on any atom is 0.245 e. The van der Waals surface area contributed by atoms with E-state index in [4.69, 9.17) is 0 Å². The third kappa shape index (κ3) is 3.96. The summed E-state index contributed by atoms with van der Waals surface area (Å²) in [6.45, 7) is 5.88. The molecule has 0 spiro atoms. The van der Waals surface area contributed by atoms with Crippen LogP contribution in [0.4, 0.5) is 0 Å². The highest BCUT2D eigenvalue weighted by atomic mass is 16.3. The van der Waals surface area contributed by atoms with Gasteiger partial charge < -0.3 is 10.0 Å². The van der Waals surface area contributed by atoms with Crippen LogP contribution in [0.15, 0.2) is 18.3 Å². The Kier molecular flexibility index (Phi) is 5.62. The number of likely N-dealkylation sites (tertiary alicyclic amines) is 1. The lowest BCUT2D eigenvalue weighted by molar-refractivity contribution is -0.140. The first-order valence-corrected chi connectivity index (χ1v) is 12.4. The smallest absolute Gasteiger partial charge is 0.245 e. The summed E-state index contributed by atoms with van der Waals surface area (Å²) in [7, 11) is 0. The van der Waals surface area contributed by atoms with Gasteiger partial charge in [0.1, 0.15) is 12.2 Å². The fourth-order valence-corrected chi connectivity index (χ4v) is 6.53. The van der Waals surface area contributed by atoms with E-state index < -0.39 is 6.04 Å². The number of amides is 1. The molecule has 0 unspecified atom stereocenters. The molecule has 3 heterocycles. The average Bonchev–Trinajstić information content (AvgIpc) is 3.21. The molecule has 0 radical (unpaired) electrons. The minimum atomic E-state index is -0.495. The second-order valence-electron chi connectivity index (χ2n) is 11.5. The lowest BCUT2D eigenvalue weighted by atomic mass is 9.70. The third-order valence-electron chi connectivity index (χ3n) is 8.32.